The first kappa shape index (κ1) is 64.8. The summed E-state index contributed by atoms with van der Waals surface area (Å²) in [6.07, 6.45) is 8.86. The molecule has 20 aromatic rings. The van der Waals surface area contributed by atoms with Gasteiger partial charge in [0.15, 0.2) is 34.9 Å². The maximum Gasteiger partial charge on any atom is 0.164 e. The van der Waals surface area contributed by atoms with Crippen molar-refractivity contribution in [3.63, 3.8) is 0 Å². The molecular formula is C102H64N8O4. The van der Waals surface area contributed by atoms with E-state index in [-0.39, 0.29) is 23.9 Å². The van der Waals surface area contributed by atoms with Crippen molar-refractivity contribution in [2.45, 2.75) is 23.9 Å². The van der Waals surface area contributed by atoms with Crippen LogP contribution in [0.15, 0.2) is 370 Å². The molecule has 0 saturated carbocycles. The lowest BCUT2D eigenvalue weighted by Crippen LogP contribution is -2.30. The van der Waals surface area contributed by atoms with Crippen LogP contribution in [0, 0.1) is 0 Å². The molecule has 0 radical (unpaired) electrons. The summed E-state index contributed by atoms with van der Waals surface area (Å²) in [5, 5.41) is 6.31. The number of aromatic nitrogens is 6. The van der Waals surface area contributed by atoms with Gasteiger partial charge in [-0.15, -0.1) is 0 Å². The minimum atomic E-state index is 0.0302. The third kappa shape index (κ3) is 10.7. The van der Waals surface area contributed by atoms with Crippen molar-refractivity contribution in [2.75, 3.05) is 9.80 Å². The molecule has 4 aliphatic rings. The summed E-state index contributed by atoms with van der Waals surface area (Å²) >= 11 is 0. The molecule has 8 heterocycles. The van der Waals surface area contributed by atoms with E-state index in [9.17, 15) is 0 Å². The smallest absolute Gasteiger partial charge is 0.164 e. The van der Waals surface area contributed by atoms with E-state index in [1.165, 1.54) is 22.5 Å². The third-order valence-electron chi connectivity index (χ3n) is 23.0. The predicted molar refractivity (Wildman–Crippen MR) is 457 cm³/mol. The fourth-order valence-corrected chi connectivity index (χ4v) is 17.9. The van der Waals surface area contributed by atoms with Crippen LogP contribution in [0.1, 0.15) is 45.6 Å². The largest absolute Gasteiger partial charge is 0.456 e. The second-order valence-electron chi connectivity index (χ2n) is 29.4. The number of hydrogen-bond acceptors (Lipinski definition) is 12. The van der Waals surface area contributed by atoms with Crippen molar-refractivity contribution < 1.29 is 17.7 Å². The molecule has 0 saturated heterocycles. The molecular weight excluding hydrogens is 1400 g/mol. The van der Waals surface area contributed by atoms with Crippen molar-refractivity contribution in [2.24, 2.45) is 0 Å². The van der Waals surface area contributed by atoms with Gasteiger partial charge in [0.05, 0.1) is 12.1 Å². The summed E-state index contributed by atoms with van der Waals surface area (Å²) in [6.45, 7) is 0. The number of benzene rings is 14. The van der Waals surface area contributed by atoms with Crippen molar-refractivity contribution >= 4 is 101 Å². The van der Waals surface area contributed by atoms with Crippen LogP contribution >= 0.6 is 0 Å². The molecule has 0 bridgehead atoms. The van der Waals surface area contributed by atoms with Gasteiger partial charge in [-0.05, 0) is 137 Å². The van der Waals surface area contributed by atoms with Crippen LogP contribution in [0.3, 0.4) is 0 Å². The highest BCUT2D eigenvalue weighted by Crippen LogP contribution is 2.57. The molecule has 24 rings (SSSR count). The van der Waals surface area contributed by atoms with Crippen molar-refractivity contribution in [1.29, 1.82) is 0 Å². The number of anilines is 4. The molecule has 12 heteroatoms. The van der Waals surface area contributed by atoms with Crippen LogP contribution < -0.4 is 9.80 Å². The molecule has 0 spiro atoms. The Balaban J connectivity index is 0.000000135. The van der Waals surface area contributed by atoms with Gasteiger partial charge in [-0.3, -0.25) is 0 Å². The van der Waals surface area contributed by atoms with E-state index in [1.807, 2.05) is 72.8 Å². The second kappa shape index (κ2) is 26.3. The highest BCUT2D eigenvalue weighted by atomic mass is 16.3. The topological polar surface area (TPSA) is 136 Å². The maximum atomic E-state index is 6.70. The zero-order valence-corrected chi connectivity index (χ0v) is 61.2. The monoisotopic (exact) mass is 1460 g/mol. The standard InChI is InChI=1S/2C51H32N4O2/c1-3-13-31(14-4-1)32-15-11-16-33(29-32)49-52-50(34-25-26-37-36-19-8-10-23-42(36)56-45(37)30-34)54-51(53-49)39-21-12-24-43-47(39)48-44(57-43)28-27-41-46(48)38-20-7-9-22-40(38)55(41)35-17-5-2-6-18-35;1-3-12-31(13-4-1)32-22-24-33(25-23-32)49-52-50(34-26-27-37-36-16-8-10-20-42(36)56-45(37)30-34)54-51(53-49)39-18-11-21-43-47(39)48-44(57-43)29-28-41-46(48)38-17-7-9-19-40(38)55(41)35-14-5-2-6-15-35/h2*1-30,41,46H. The van der Waals surface area contributed by atoms with E-state index < -0.39 is 0 Å². The lowest BCUT2D eigenvalue weighted by molar-refractivity contribution is 0.584. The molecule has 2 aliphatic heterocycles. The first-order chi connectivity index (χ1) is 56.5. The normalized spacial score (nSPS) is 15.6. The zero-order chi connectivity index (χ0) is 74.9. The van der Waals surface area contributed by atoms with Gasteiger partial charge in [0.25, 0.3) is 0 Å². The van der Waals surface area contributed by atoms with Gasteiger partial charge < -0.3 is 27.5 Å². The summed E-state index contributed by atoms with van der Waals surface area (Å²) in [6, 6.07) is 118. The molecule has 0 amide bonds. The Morgan fingerprint density at radius 3 is 1.07 bits per heavy atom. The SMILES string of the molecule is C1=CC2C(c3ccccc3N2c2ccccc2)c2c1oc1cccc(-c3nc(-c4ccc(-c5ccccc5)cc4)nc(-c4ccc5c(c4)oc4ccccc45)n3)c21.C1=CC2C(c3ccccc3N2c2ccccc2)c2c1oc1cccc(-c3nc(-c4cccc(-c5ccccc5)c4)nc(-c4ccc5c(c4)oc4ccccc45)n3)c21. The second-order valence-corrected chi connectivity index (χ2v) is 29.4. The average molecular weight is 1470 g/mol. The highest BCUT2D eigenvalue weighted by Gasteiger charge is 2.46. The van der Waals surface area contributed by atoms with E-state index in [4.69, 9.17) is 47.6 Å². The lowest BCUT2D eigenvalue weighted by atomic mass is 9.82. The molecule has 12 nitrogen and oxygen atoms in total. The van der Waals surface area contributed by atoms with Crippen molar-refractivity contribution in [3.8, 4) is 90.6 Å². The summed E-state index contributed by atoms with van der Waals surface area (Å²) in [7, 11) is 0. The average Bonchev–Trinajstić information content (AvgIpc) is 1.55. The number of nitrogens with zero attached hydrogens (tertiary/aromatic N) is 8. The number of fused-ring (bicyclic) bond motifs is 20. The van der Waals surface area contributed by atoms with E-state index >= 15 is 0 Å². The number of rotatable bonds is 10. The van der Waals surface area contributed by atoms with Gasteiger partial charge in [0.2, 0.25) is 0 Å². The summed E-state index contributed by atoms with van der Waals surface area (Å²) in [5.74, 6) is 5.27. The van der Waals surface area contributed by atoms with Crippen molar-refractivity contribution in [3.05, 3.63) is 386 Å². The van der Waals surface area contributed by atoms with E-state index in [0.717, 1.165) is 155 Å². The van der Waals surface area contributed by atoms with Crippen LogP contribution in [-0.4, -0.2) is 42.0 Å². The van der Waals surface area contributed by atoms with Gasteiger partial charge in [0.1, 0.15) is 45.0 Å². The first-order valence-electron chi connectivity index (χ1n) is 38.5. The Morgan fingerprint density at radius 2 is 0.579 bits per heavy atom. The van der Waals surface area contributed by atoms with Crippen LogP contribution in [0.5, 0.6) is 0 Å². The lowest BCUT2D eigenvalue weighted by Gasteiger charge is -2.30. The van der Waals surface area contributed by atoms with Gasteiger partial charge in [-0.25, -0.2) is 29.9 Å². The van der Waals surface area contributed by atoms with Gasteiger partial charge in [-0.2, -0.15) is 0 Å². The van der Waals surface area contributed by atoms with Crippen LogP contribution in [-0.2, 0) is 0 Å². The molecule has 2 aliphatic carbocycles. The Kier molecular flexibility index (Phi) is 14.9. The molecule has 14 aromatic carbocycles. The predicted octanol–water partition coefficient (Wildman–Crippen LogP) is 25.7. The summed E-state index contributed by atoms with van der Waals surface area (Å²) in [4.78, 5) is 36.3. The Labute approximate surface area is 654 Å². The van der Waals surface area contributed by atoms with Crippen LogP contribution in [0.25, 0.3) is 169 Å². The van der Waals surface area contributed by atoms with E-state index in [1.54, 1.807) is 0 Å². The quantitative estimate of drug-likeness (QED) is 0.129. The maximum absolute atomic E-state index is 6.70. The zero-order valence-electron chi connectivity index (χ0n) is 61.2. The Hall–Kier alpha value is -15.1. The first-order valence-corrected chi connectivity index (χ1v) is 38.5. The Morgan fingerprint density at radius 1 is 0.237 bits per heavy atom. The number of hydrogen-bond donors (Lipinski definition) is 0. The minimum Gasteiger partial charge on any atom is -0.456 e. The van der Waals surface area contributed by atoms with Gasteiger partial charge in [-0.1, -0.05) is 261 Å². The molecule has 536 valence electrons. The molecule has 114 heavy (non-hydrogen) atoms. The Bertz CT molecular complexity index is 7290. The minimum absolute atomic E-state index is 0.0302. The van der Waals surface area contributed by atoms with Gasteiger partial charge >= 0.3 is 0 Å². The summed E-state index contributed by atoms with van der Waals surface area (Å²) < 4.78 is 26.0. The molecule has 4 unspecified atom stereocenters. The molecule has 0 fully saturated rings. The fraction of sp³-hybridized carbons (Fsp3) is 0.0392. The highest BCUT2D eigenvalue weighted by molar-refractivity contribution is 6.08. The molecule has 0 N–H and O–H groups in total. The molecule has 4 atom stereocenters. The van der Waals surface area contributed by atoms with Gasteiger partial charge in [0, 0.05) is 111 Å². The summed E-state index contributed by atoms with van der Waals surface area (Å²) in [5.41, 5.74) is 24.2. The van der Waals surface area contributed by atoms with E-state index in [0.29, 0.717) is 34.9 Å². The van der Waals surface area contributed by atoms with E-state index in [2.05, 4.69) is 301 Å². The molecule has 6 aromatic heterocycles. The number of furan rings is 4. The fourth-order valence-electron chi connectivity index (χ4n) is 17.9. The van der Waals surface area contributed by atoms with Crippen molar-refractivity contribution in [1.82, 2.24) is 29.9 Å². The van der Waals surface area contributed by atoms with Crippen LogP contribution in [0.2, 0.25) is 0 Å². The third-order valence-corrected chi connectivity index (χ3v) is 23.0. The number of para-hydroxylation sites is 6. The van der Waals surface area contributed by atoms with Crippen LogP contribution in [0.4, 0.5) is 22.7 Å².